The van der Waals surface area contributed by atoms with Crippen LogP contribution >= 0.6 is 39.7 Å². The number of piperazine rings is 1. The van der Waals surface area contributed by atoms with Crippen LogP contribution in [0, 0.1) is 11.7 Å². The SMILES string of the molecule is CN1CCN(CCCN(C(=S)Nc2cc(Cl)c(F)cc2N)C2CC[C@]3(c4cccc(Br)c4)CC23)CC1. The van der Waals surface area contributed by atoms with E-state index in [1.807, 2.05) is 0 Å². The fourth-order valence-electron chi connectivity index (χ4n) is 6.19. The van der Waals surface area contributed by atoms with Gasteiger partial charge in [-0.05, 0) is 81.2 Å². The lowest BCUT2D eigenvalue weighted by molar-refractivity contribution is 0.147. The van der Waals surface area contributed by atoms with Gasteiger partial charge in [0.25, 0.3) is 0 Å². The third-order valence-corrected chi connectivity index (χ3v) is 9.47. The quantitative estimate of drug-likeness (QED) is 0.322. The average Bonchev–Trinajstić information content (AvgIpc) is 3.48. The molecule has 1 heterocycles. The Labute approximate surface area is 232 Å². The van der Waals surface area contributed by atoms with Gasteiger partial charge in [0.1, 0.15) is 5.82 Å². The van der Waals surface area contributed by atoms with E-state index in [9.17, 15) is 4.39 Å². The van der Waals surface area contributed by atoms with Crippen LogP contribution in [-0.4, -0.2) is 72.2 Å². The van der Waals surface area contributed by atoms with E-state index in [2.05, 4.69) is 67.3 Å². The van der Waals surface area contributed by atoms with Crippen molar-refractivity contribution in [3.63, 3.8) is 0 Å². The van der Waals surface area contributed by atoms with Crippen LogP contribution in [0.15, 0.2) is 40.9 Å². The summed E-state index contributed by atoms with van der Waals surface area (Å²) in [5.74, 6) is 0.0478. The summed E-state index contributed by atoms with van der Waals surface area (Å²) in [6.45, 7) is 6.40. The van der Waals surface area contributed by atoms with E-state index in [-0.39, 0.29) is 10.4 Å². The van der Waals surface area contributed by atoms with E-state index in [1.165, 1.54) is 30.5 Å². The van der Waals surface area contributed by atoms with Crippen LogP contribution < -0.4 is 11.1 Å². The molecule has 2 aromatic carbocycles. The number of benzene rings is 2. The molecule has 0 spiro atoms. The highest BCUT2D eigenvalue weighted by Gasteiger charge is 2.63. The van der Waals surface area contributed by atoms with E-state index < -0.39 is 5.82 Å². The molecular formula is C27H34BrClFN5S. The highest BCUT2D eigenvalue weighted by molar-refractivity contribution is 9.10. The van der Waals surface area contributed by atoms with Crippen molar-refractivity contribution in [2.24, 2.45) is 5.92 Å². The van der Waals surface area contributed by atoms with E-state index in [4.69, 9.17) is 29.6 Å². The highest BCUT2D eigenvalue weighted by Crippen LogP contribution is 2.65. The van der Waals surface area contributed by atoms with Crippen molar-refractivity contribution in [1.29, 1.82) is 0 Å². The number of hydrogen-bond acceptors (Lipinski definition) is 4. The monoisotopic (exact) mass is 593 g/mol. The molecule has 3 atom stereocenters. The van der Waals surface area contributed by atoms with Crippen LogP contribution in [0.4, 0.5) is 15.8 Å². The summed E-state index contributed by atoms with van der Waals surface area (Å²) in [4.78, 5) is 7.30. The molecule has 0 radical (unpaired) electrons. The van der Waals surface area contributed by atoms with Crippen molar-refractivity contribution in [2.75, 3.05) is 57.4 Å². The van der Waals surface area contributed by atoms with Crippen LogP contribution in [-0.2, 0) is 5.41 Å². The van der Waals surface area contributed by atoms with Crippen molar-refractivity contribution in [1.82, 2.24) is 14.7 Å². The number of nitrogens with zero attached hydrogens (tertiary/aromatic N) is 3. The van der Waals surface area contributed by atoms with Crippen LogP contribution in [0.2, 0.25) is 5.02 Å². The van der Waals surface area contributed by atoms with Crippen LogP contribution in [0.1, 0.15) is 31.2 Å². The summed E-state index contributed by atoms with van der Waals surface area (Å²) in [5.41, 5.74) is 8.63. The van der Waals surface area contributed by atoms with Crippen molar-refractivity contribution in [3.05, 3.63) is 57.3 Å². The number of halogens is 3. The predicted octanol–water partition coefficient (Wildman–Crippen LogP) is 5.58. The van der Waals surface area contributed by atoms with Gasteiger partial charge in [0.05, 0.1) is 16.4 Å². The van der Waals surface area contributed by atoms with E-state index >= 15 is 0 Å². The molecule has 5 nitrogen and oxygen atoms in total. The minimum atomic E-state index is -0.526. The van der Waals surface area contributed by atoms with Crippen molar-refractivity contribution >= 4 is 56.2 Å². The van der Waals surface area contributed by atoms with Gasteiger partial charge in [-0.3, -0.25) is 0 Å². The molecule has 9 heteroatoms. The van der Waals surface area contributed by atoms with Crippen LogP contribution in [0.25, 0.3) is 0 Å². The standard InChI is InChI=1S/C27H34BrClFN5S/c1-33-10-12-34(13-11-33)8-3-9-35(26(36)32-24-15-21(29)22(30)16-23(24)31)25-6-7-27(17-20(25)27)18-4-2-5-19(28)14-18/h2,4-5,14-16,20,25H,3,6-13,17,31H2,1H3,(H,32,36)/t20?,25?,27-/m1/s1. The summed E-state index contributed by atoms with van der Waals surface area (Å²) >= 11 is 15.7. The number of nitrogens with one attached hydrogen (secondary N) is 1. The van der Waals surface area contributed by atoms with Gasteiger partial charge in [0.2, 0.25) is 0 Å². The molecule has 3 fully saturated rings. The average molecular weight is 595 g/mol. The van der Waals surface area contributed by atoms with Gasteiger partial charge in [-0.15, -0.1) is 0 Å². The highest BCUT2D eigenvalue weighted by atomic mass is 79.9. The number of anilines is 2. The third-order valence-electron chi connectivity index (χ3n) is 8.35. The minimum absolute atomic E-state index is 0.0350. The largest absolute Gasteiger partial charge is 0.397 e. The number of rotatable bonds is 7. The van der Waals surface area contributed by atoms with Gasteiger partial charge in [-0.25, -0.2) is 4.39 Å². The fourth-order valence-corrected chi connectivity index (χ4v) is 7.09. The zero-order valence-corrected chi connectivity index (χ0v) is 23.8. The molecular weight excluding hydrogens is 561 g/mol. The number of thiocarbonyl (C=S) groups is 1. The summed E-state index contributed by atoms with van der Waals surface area (Å²) in [5, 5.41) is 3.98. The minimum Gasteiger partial charge on any atom is -0.397 e. The number of fused-ring (bicyclic) bond motifs is 1. The first-order valence-electron chi connectivity index (χ1n) is 12.8. The smallest absolute Gasteiger partial charge is 0.173 e. The molecule has 2 unspecified atom stereocenters. The Morgan fingerprint density at radius 2 is 2.06 bits per heavy atom. The summed E-state index contributed by atoms with van der Waals surface area (Å²) in [6, 6.07) is 11.9. The Balaban J connectivity index is 1.31. The third kappa shape index (κ3) is 5.39. The topological polar surface area (TPSA) is 47.8 Å². The first-order valence-corrected chi connectivity index (χ1v) is 14.3. The van der Waals surface area contributed by atoms with Gasteiger partial charge >= 0.3 is 0 Å². The molecule has 0 amide bonds. The summed E-state index contributed by atoms with van der Waals surface area (Å²) < 4.78 is 15.0. The fraction of sp³-hybridized carbons (Fsp3) is 0.519. The lowest BCUT2D eigenvalue weighted by Gasteiger charge is -2.35. The van der Waals surface area contributed by atoms with Gasteiger partial charge in [0.15, 0.2) is 5.11 Å². The lowest BCUT2D eigenvalue weighted by atomic mass is 9.93. The molecule has 3 N–H and O–H groups in total. The number of nitrogens with two attached hydrogens (primary N) is 1. The normalized spacial score (nSPS) is 26.0. The Bertz CT molecular complexity index is 1130. The maximum atomic E-state index is 13.9. The molecule has 1 aliphatic heterocycles. The zero-order chi connectivity index (χ0) is 25.4. The molecule has 36 heavy (non-hydrogen) atoms. The Morgan fingerprint density at radius 3 is 2.78 bits per heavy atom. The Morgan fingerprint density at radius 1 is 1.28 bits per heavy atom. The second kappa shape index (κ2) is 10.7. The van der Waals surface area contributed by atoms with Gasteiger partial charge in [0, 0.05) is 54.7 Å². The van der Waals surface area contributed by atoms with E-state index in [1.54, 1.807) is 0 Å². The van der Waals surface area contributed by atoms with E-state index in [0.717, 1.165) is 56.6 Å². The number of likely N-dealkylation sites (N-methyl/N-ethyl adjacent to an activating group) is 1. The maximum Gasteiger partial charge on any atom is 0.173 e. The molecule has 194 valence electrons. The van der Waals surface area contributed by atoms with Gasteiger partial charge in [-0.1, -0.05) is 39.7 Å². The Kier molecular flexibility index (Phi) is 7.80. The Hall–Kier alpha value is -1.45. The predicted molar refractivity (Wildman–Crippen MR) is 154 cm³/mol. The molecule has 2 aliphatic carbocycles. The molecule has 3 aliphatic rings. The second-order valence-electron chi connectivity index (χ2n) is 10.6. The van der Waals surface area contributed by atoms with Gasteiger partial charge in [-0.2, -0.15) is 0 Å². The van der Waals surface area contributed by atoms with Crippen molar-refractivity contribution in [3.8, 4) is 0 Å². The molecule has 2 aromatic rings. The molecule has 5 rings (SSSR count). The zero-order valence-electron chi connectivity index (χ0n) is 20.7. The van der Waals surface area contributed by atoms with Crippen molar-refractivity contribution < 1.29 is 4.39 Å². The first kappa shape index (κ1) is 26.2. The van der Waals surface area contributed by atoms with Crippen LogP contribution in [0.5, 0.6) is 0 Å². The molecule has 0 aromatic heterocycles. The second-order valence-corrected chi connectivity index (χ2v) is 12.3. The summed E-state index contributed by atoms with van der Waals surface area (Å²) in [6.07, 6.45) is 4.50. The van der Waals surface area contributed by atoms with Crippen molar-refractivity contribution in [2.45, 2.75) is 37.1 Å². The molecule has 1 saturated heterocycles. The van der Waals surface area contributed by atoms with Gasteiger partial charge < -0.3 is 25.8 Å². The van der Waals surface area contributed by atoms with Crippen LogP contribution in [0.3, 0.4) is 0 Å². The molecule has 0 bridgehead atoms. The van der Waals surface area contributed by atoms with E-state index in [0.29, 0.717) is 28.4 Å². The number of nitrogen functional groups attached to an aromatic ring is 1. The maximum absolute atomic E-state index is 13.9. The number of hydrogen-bond donors (Lipinski definition) is 2. The first-order chi connectivity index (χ1) is 17.3. The molecule has 2 saturated carbocycles. The lowest BCUT2D eigenvalue weighted by Crippen LogP contribution is -2.47. The summed E-state index contributed by atoms with van der Waals surface area (Å²) in [7, 11) is 2.18.